The van der Waals surface area contributed by atoms with Gasteiger partial charge < -0.3 is 18.8 Å². The fourth-order valence-corrected chi connectivity index (χ4v) is 3.59. The van der Waals surface area contributed by atoms with Gasteiger partial charge in [0.15, 0.2) is 0 Å². The Hall–Kier alpha value is -1.59. The van der Waals surface area contributed by atoms with Gasteiger partial charge in [-0.2, -0.15) is 0 Å². The summed E-state index contributed by atoms with van der Waals surface area (Å²) in [5.41, 5.74) is 0.510. The van der Waals surface area contributed by atoms with E-state index in [1.807, 2.05) is 4.90 Å². The van der Waals surface area contributed by atoms with Crippen LogP contribution in [0.5, 0.6) is 0 Å². The highest BCUT2D eigenvalue weighted by Gasteiger charge is 2.47. The topological polar surface area (TPSA) is 51.9 Å². The summed E-state index contributed by atoms with van der Waals surface area (Å²) in [6.45, 7) is 7.04. The lowest BCUT2D eigenvalue weighted by Crippen LogP contribution is -2.58. The third-order valence-electron chi connectivity index (χ3n) is 4.67. The van der Waals surface area contributed by atoms with Crippen LogP contribution in [0, 0.1) is 5.41 Å². The molecule has 1 amide bonds. The summed E-state index contributed by atoms with van der Waals surface area (Å²) in [5.74, 6) is 0.0286. The molecule has 0 bridgehead atoms. The number of carbonyl (C=O) groups excluding carboxylic acids is 1. The molecule has 2 aliphatic rings. The maximum absolute atomic E-state index is 12.6. The average molecular weight is 305 g/mol. The quantitative estimate of drug-likeness (QED) is 0.619. The molecule has 2 atom stereocenters. The van der Waals surface area contributed by atoms with Gasteiger partial charge in [0.25, 0.3) is 5.91 Å². The molecule has 120 valence electrons. The molecule has 2 aliphatic heterocycles. The van der Waals surface area contributed by atoms with Gasteiger partial charge in [0.2, 0.25) is 0 Å². The lowest BCUT2D eigenvalue weighted by Gasteiger charge is -2.50. The van der Waals surface area contributed by atoms with Crippen molar-refractivity contribution < 1.29 is 18.7 Å². The molecule has 1 aromatic heterocycles. The Bertz CT molecular complexity index is 513. The number of nitrogens with zero attached hydrogens (tertiary/aromatic N) is 1. The number of hydrogen-bond donors (Lipinski definition) is 0. The Morgan fingerprint density at radius 3 is 3.27 bits per heavy atom. The van der Waals surface area contributed by atoms with Gasteiger partial charge in [-0.3, -0.25) is 4.79 Å². The van der Waals surface area contributed by atoms with Crippen molar-refractivity contribution in [3.05, 3.63) is 36.8 Å². The van der Waals surface area contributed by atoms with E-state index in [0.717, 1.165) is 32.4 Å². The van der Waals surface area contributed by atoms with E-state index < -0.39 is 0 Å². The zero-order valence-corrected chi connectivity index (χ0v) is 12.8. The first-order valence-corrected chi connectivity index (χ1v) is 7.87. The summed E-state index contributed by atoms with van der Waals surface area (Å²) in [7, 11) is 0. The fourth-order valence-electron chi connectivity index (χ4n) is 3.59. The van der Waals surface area contributed by atoms with Gasteiger partial charge in [-0.25, -0.2) is 0 Å². The van der Waals surface area contributed by atoms with Crippen molar-refractivity contribution in [1.29, 1.82) is 0 Å². The van der Waals surface area contributed by atoms with Crippen LogP contribution in [0.1, 0.15) is 29.6 Å². The number of hydrogen-bond acceptors (Lipinski definition) is 4. The Kier molecular flexibility index (Phi) is 4.64. The van der Waals surface area contributed by atoms with Crippen LogP contribution in [0.4, 0.5) is 0 Å². The van der Waals surface area contributed by atoms with Crippen molar-refractivity contribution in [2.45, 2.75) is 25.4 Å². The number of ether oxygens (including phenoxy) is 2. The SMILES string of the molecule is C=CCOCC12CCCOC1CCN(C(=O)c1ccoc1)C2. The molecular weight excluding hydrogens is 282 g/mol. The number of fused-ring (bicyclic) bond motifs is 1. The molecule has 0 aromatic carbocycles. The minimum Gasteiger partial charge on any atom is -0.472 e. The molecule has 0 aliphatic carbocycles. The minimum absolute atomic E-state index is 0.0286. The van der Waals surface area contributed by atoms with Crippen LogP contribution in [-0.4, -0.2) is 49.8 Å². The van der Waals surface area contributed by atoms with Gasteiger partial charge in [0.05, 0.1) is 31.1 Å². The second kappa shape index (κ2) is 6.67. The second-order valence-electron chi connectivity index (χ2n) is 6.16. The van der Waals surface area contributed by atoms with E-state index in [1.54, 1.807) is 12.1 Å². The van der Waals surface area contributed by atoms with Crippen molar-refractivity contribution in [3.8, 4) is 0 Å². The maximum Gasteiger partial charge on any atom is 0.257 e. The van der Waals surface area contributed by atoms with E-state index in [0.29, 0.717) is 25.3 Å². The third-order valence-corrected chi connectivity index (χ3v) is 4.67. The summed E-state index contributed by atoms with van der Waals surface area (Å²) in [5, 5.41) is 0. The molecule has 5 heteroatoms. The van der Waals surface area contributed by atoms with E-state index in [-0.39, 0.29) is 17.4 Å². The van der Waals surface area contributed by atoms with Crippen molar-refractivity contribution in [2.24, 2.45) is 5.41 Å². The summed E-state index contributed by atoms with van der Waals surface area (Å²) in [6.07, 6.45) is 7.89. The lowest BCUT2D eigenvalue weighted by molar-refractivity contribution is -0.144. The predicted octanol–water partition coefficient (Wildman–Crippen LogP) is 2.49. The van der Waals surface area contributed by atoms with Gasteiger partial charge in [-0.1, -0.05) is 6.08 Å². The van der Waals surface area contributed by atoms with E-state index in [1.165, 1.54) is 12.5 Å². The number of likely N-dealkylation sites (tertiary alicyclic amines) is 1. The highest BCUT2D eigenvalue weighted by molar-refractivity contribution is 5.93. The Balaban J connectivity index is 1.74. The molecule has 2 unspecified atom stereocenters. The molecule has 2 saturated heterocycles. The molecule has 1 aromatic rings. The summed E-state index contributed by atoms with van der Waals surface area (Å²) >= 11 is 0. The zero-order valence-electron chi connectivity index (χ0n) is 12.8. The summed E-state index contributed by atoms with van der Waals surface area (Å²) < 4.78 is 16.7. The Morgan fingerprint density at radius 1 is 1.59 bits per heavy atom. The van der Waals surface area contributed by atoms with Gasteiger partial charge in [-0.15, -0.1) is 6.58 Å². The van der Waals surface area contributed by atoms with Crippen LogP contribution in [0.15, 0.2) is 35.7 Å². The molecule has 5 nitrogen and oxygen atoms in total. The van der Waals surface area contributed by atoms with Crippen LogP contribution in [0.2, 0.25) is 0 Å². The van der Waals surface area contributed by atoms with E-state index in [9.17, 15) is 4.79 Å². The highest BCUT2D eigenvalue weighted by atomic mass is 16.5. The number of rotatable bonds is 5. The van der Waals surface area contributed by atoms with Gasteiger partial charge in [0.1, 0.15) is 6.26 Å². The molecule has 0 N–H and O–H groups in total. The van der Waals surface area contributed by atoms with E-state index >= 15 is 0 Å². The Morgan fingerprint density at radius 2 is 2.50 bits per heavy atom. The standard InChI is InChI=1S/C17H23NO4/c1-2-8-21-13-17-6-3-9-22-15(17)4-7-18(12-17)16(19)14-5-10-20-11-14/h2,5,10-11,15H,1,3-4,6-9,12-13H2. The first kappa shape index (κ1) is 15.3. The average Bonchev–Trinajstić information content (AvgIpc) is 3.08. The van der Waals surface area contributed by atoms with Gasteiger partial charge >= 0.3 is 0 Å². The molecule has 3 rings (SSSR count). The summed E-state index contributed by atoms with van der Waals surface area (Å²) in [4.78, 5) is 14.5. The first-order valence-electron chi connectivity index (χ1n) is 7.87. The third kappa shape index (κ3) is 2.96. The van der Waals surface area contributed by atoms with Crippen molar-refractivity contribution in [3.63, 3.8) is 0 Å². The fraction of sp³-hybridized carbons (Fsp3) is 0.588. The number of amides is 1. The molecule has 22 heavy (non-hydrogen) atoms. The minimum atomic E-state index is -0.0983. The van der Waals surface area contributed by atoms with Crippen LogP contribution in [0.25, 0.3) is 0 Å². The smallest absolute Gasteiger partial charge is 0.257 e. The van der Waals surface area contributed by atoms with E-state index in [2.05, 4.69) is 6.58 Å². The van der Waals surface area contributed by atoms with Gasteiger partial charge in [0, 0.05) is 25.1 Å². The van der Waals surface area contributed by atoms with Crippen molar-refractivity contribution in [1.82, 2.24) is 4.90 Å². The second-order valence-corrected chi connectivity index (χ2v) is 6.16. The Labute approximate surface area is 130 Å². The molecular formula is C17H23NO4. The zero-order chi connectivity index (χ0) is 15.4. The number of carbonyl (C=O) groups is 1. The van der Waals surface area contributed by atoms with Crippen molar-refractivity contribution >= 4 is 5.91 Å². The monoisotopic (exact) mass is 305 g/mol. The van der Waals surface area contributed by atoms with Crippen LogP contribution >= 0.6 is 0 Å². The molecule has 2 fully saturated rings. The molecule has 0 radical (unpaired) electrons. The summed E-state index contributed by atoms with van der Waals surface area (Å²) in [6, 6.07) is 1.71. The molecule has 3 heterocycles. The van der Waals surface area contributed by atoms with E-state index in [4.69, 9.17) is 13.9 Å². The van der Waals surface area contributed by atoms with Crippen molar-refractivity contribution in [2.75, 3.05) is 32.9 Å². The highest BCUT2D eigenvalue weighted by Crippen LogP contribution is 2.40. The largest absolute Gasteiger partial charge is 0.472 e. The first-order chi connectivity index (χ1) is 10.7. The van der Waals surface area contributed by atoms with Crippen LogP contribution in [0.3, 0.4) is 0 Å². The van der Waals surface area contributed by atoms with Gasteiger partial charge in [-0.05, 0) is 25.3 Å². The number of furan rings is 1. The maximum atomic E-state index is 12.6. The molecule has 0 spiro atoms. The molecule has 0 saturated carbocycles. The van der Waals surface area contributed by atoms with Crippen LogP contribution in [-0.2, 0) is 9.47 Å². The number of piperidine rings is 1. The normalized spacial score (nSPS) is 28.2. The lowest BCUT2D eigenvalue weighted by atomic mass is 9.73. The predicted molar refractivity (Wildman–Crippen MR) is 81.7 cm³/mol. The van der Waals surface area contributed by atoms with Crippen LogP contribution < -0.4 is 0 Å².